The number of nitrogens with one attached hydrogen (secondary N) is 1. The van der Waals surface area contributed by atoms with E-state index in [0.717, 1.165) is 49.7 Å². The largest absolute Gasteiger partial charge is 0.355 e. The molecule has 0 aromatic carbocycles. The number of halogens is 2. The summed E-state index contributed by atoms with van der Waals surface area (Å²) in [6.45, 7) is 8.63. The van der Waals surface area contributed by atoms with Gasteiger partial charge in [-0.2, -0.15) is 0 Å². The summed E-state index contributed by atoms with van der Waals surface area (Å²) in [6.07, 6.45) is 2.08. The van der Waals surface area contributed by atoms with Gasteiger partial charge in [0.2, 0.25) is 0 Å². The zero-order chi connectivity index (χ0) is 17.7. The van der Waals surface area contributed by atoms with Crippen molar-refractivity contribution in [3.05, 3.63) is 22.4 Å². The predicted molar refractivity (Wildman–Crippen MR) is 120 cm³/mol. The van der Waals surface area contributed by atoms with Crippen molar-refractivity contribution in [3.63, 3.8) is 0 Å². The second-order valence-corrected chi connectivity index (χ2v) is 7.65. The lowest BCUT2D eigenvalue weighted by molar-refractivity contribution is 0.119. The van der Waals surface area contributed by atoms with E-state index in [0.29, 0.717) is 6.04 Å². The lowest BCUT2D eigenvalue weighted by Crippen LogP contribution is -2.52. The molecular weight excluding hydrogens is 495 g/mol. The van der Waals surface area contributed by atoms with Crippen LogP contribution in [-0.2, 0) is 13.6 Å². The highest BCUT2D eigenvalue weighted by Crippen LogP contribution is 2.15. The molecule has 1 N–H and O–H groups in total. The lowest BCUT2D eigenvalue weighted by atomic mass is 10.2. The SMILES string of the molecule is CN=C(NCC(C)N1CCN(C)CC1)N(C)Cc1cc(Br)cn1C.I. The second-order valence-electron chi connectivity index (χ2n) is 6.73. The van der Waals surface area contributed by atoms with Crippen molar-refractivity contribution in [1.82, 2.24) is 24.6 Å². The van der Waals surface area contributed by atoms with Gasteiger partial charge in [-0.1, -0.05) is 0 Å². The molecule has 0 amide bonds. The van der Waals surface area contributed by atoms with Crippen molar-refractivity contribution < 1.29 is 0 Å². The molecule has 0 radical (unpaired) electrons. The summed E-state index contributed by atoms with van der Waals surface area (Å²) in [5.41, 5.74) is 1.25. The second kappa shape index (κ2) is 10.7. The third-order valence-corrected chi connectivity index (χ3v) is 5.20. The first-order valence-corrected chi connectivity index (χ1v) is 9.35. The third kappa shape index (κ3) is 6.73. The molecule has 1 atom stereocenters. The fourth-order valence-corrected chi connectivity index (χ4v) is 3.63. The maximum atomic E-state index is 4.43. The number of rotatable bonds is 5. The topological polar surface area (TPSA) is 39.0 Å². The van der Waals surface area contributed by atoms with Crippen molar-refractivity contribution in [2.24, 2.45) is 12.0 Å². The summed E-state index contributed by atoms with van der Waals surface area (Å²) in [5.74, 6) is 0.938. The van der Waals surface area contributed by atoms with Crippen molar-refractivity contribution in [3.8, 4) is 0 Å². The third-order valence-electron chi connectivity index (χ3n) is 4.76. The van der Waals surface area contributed by atoms with Crippen molar-refractivity contribution in [2.75, 3.05) is 53.9 Å². The van der Waals surface area contributed by atoms with Gasteiger partial charge >= 0.3 is 0 Å². The fourth-order valence-electron chi connectivity index (χ4n) is 3.06. The van der Waals surface area contributed by atoms with Gasteiger partial charge in [0.1, 0.15) is 0 Å². The summed E-state index contributed by atoms with van der Waals surface area (Å²) in [5, 5.41) is 3.52. The molecule has 1 saturated heterocycles. The summed E-state index contributed by atoms with van der Waals surface area (Å²) < 4.78 is 3.25. The average molecular weight is 527 g/mol. The van der Waals surface area contributed by atoms with Crippen LogP contribution in [-0.4, -0.2) is 85.1 Å². The van der Waals surface area contributed by atoms with Gasteiger partial charge in [-0.25, -0.2) is 0 Å². The summed E-state index contributed by atoms with van der Waals surface area (Å²) >= 11 is 3.53. The van der Waals surface area contributed by atoms with Gasteiger partial charge < -0.3 is 19.7 Å². The molecule has 0 saturated carbocycles. The Hall–Kier alpha value is -0.320. The molecule has 1 aromatic heterocycles. The van der Waals surface area contributed by atoms with E-state index in [4.69, 9.17) is 0 Å². The van der Waals surface area contributed by atoms with E-state index in [-0.39, 0.29) is 24.0 Å². The van der Waals surface area contributed by atoms with Gasteiger partial charge in [0.15, 0.2) is 5.96 Å². The zero-order valence-corrected chi connectivity index (χ0v) is 19.9. The van der Waals surface area contributed by atoms with E-state index in [2.05, 4.69) is 85.8 Å². The Morgan fingerprint density at radius 2 is 1.96 bits per heavy atom. The fraction of sp³-hybridized carbons (Fsp3) is 0.706. The maximum absolute atomic E-state index is 4.43. The molecule has 0 aliphatic carbocycles. The van der Waals surface area contributed by atoms with Gasteiger partial charge in [-0.3, -0.25) is 9.89 Å². The molecule has 0 spiro atoms. The lowest BCUT2D eigenvalue weighted by Gasteiger charge is -2.37. The van der Waals surface area contributed by atoms with Crippen LogP contribution in [0.1, 0.15) is 12.6 Å². The molecule has 2 heterocycles. The Labute approximate surface area is 177 Å². The average Bonchev–Trinajstić information content (AvgIpc) is 2.85. The van der Waals surface area contributed by atoms with Gasteiger partial charge in [0, 0.05) is 76.3 Å². The predicted octanol–water partition coefficient (Wildman–Crippen LogP) is 2.05. The van der Waals surface area contributed by atoms with Crippen LogP contribution in [0.25, 0.3) is 0 Å². The molecule has 144 valence electrons. The Balaban J connectivity index is 0.00000312. The summed E-state index contributed by atoms with van der Waals surface area (Å²) in [7, 11) is 8.19. The Morgan fingerprint density at radius 1 is 1.32 bits per heavy atom. The highest BCUT2D eigenvalue weighted by Gasteiger charge is 2.19. The molecule has 0 bridgehead atoms. The van der Waals surface area contributed by atoms with E-state index in [1.165, 1.54) is 5.69 Å². The Morgan fingerprint density at radius 3 is 2.48 bits per heavy atom. The van der Waals surface area contributed by atoms with Crippen molar-refractivity contribution in [1.29, 1.82) is 0 Å². The van der Waals surface area contributed by atoms with Crippen LogP contribution in [0.3, 0.4) is 0 Å². The first-order chi connectivity index (χ1) is 11.4. The van der Waals surface area contributed by atoms with E-state index < -0.39 is 0 Å². The quantitative estimate of drug-likeness (QED) is 0.362. The molecule has 1 aliphatic heterocycles. The first kappa shape index (κ1) is 22.7. The van der Waals surface area contributed by atoms with E-state index in [9.17, 15) is 0 Å². The standard InChI is InChI=1S/C17H31BrN6.HI/c1-14(24-8-6-21(3)7-9-24)11-20-17(19-2)23(5)13-16-10-15(18)12-22(16)4;/h10,12,14H,6-9,11,13H2,1-5H3,(H,19,20);1H. The molecule has 1 aromatic rings. The zero-order valence-electron chi connectivity index (χ0n) is 16.0. The number of hydrogen-bond donors (Lipinski definition) is 1. The van der Waals surface area contributed by atoms with Crippen LogP contribution in [0.15, 0.2) is 21.7 Å². The number of likely N-dealkylation sites (N-methyl/N-ethyl adjacent to an activating group) is 1. The molecule has 8 heteroatoms. The number of guanidine groups is 1. The van der Waals surface area contributed by atoms with Crippen LogP contribution in [0.4, 0.5) is 0 Å². The Bertz CT molecular complexity index is 553. The van der Waals surface area contributed by atoms with Crippen LogP contribution < -0.4 is 5.32 Å². The highest BCUT2D eigenvalue weighted by atomic mass is 127. The maximum Gasteiger partial charge on any atom is 0.193 e. The monoisotopic (exact) mass is 526 g/mol. The highest BCUT2D eigenvalue weighted by molar-refractivity contribution is 14.0. The number of aromatic nitrogens is 1. The number of nitrogens with zero attached hydrogens (tertiary/aromatic N) is 5. The molecule has 1 aliphatic rings. The normalized spacial score (nSPS) is 17.9. The summed E-state index contributed by atoms with van der Waals surface area (Å²) in [6, 6.07) is 2.66. The Kier molecular flexibility index (Phi) is 9.76. The minimum atomic E-state index is 0. The molecular formula is C17H32BrIN6. The van der Waals surface area contributed by atoms with Gasteiger partial charge in [-0.15, -0.1) is 24.0 Å². The van der Waals surface area contributed by atoms with E-state index in [1.807, 2.05) is 7.05 Å². The molecule has 25 heavy (non-hydrogen) atoms. The molecule has 2 rings (SSSR count). The number of hydrogen-bond acceptors (Lipinski definition) is 3. The number of aliphatic imine (C=N–C) groups is 1. The molecule has 1 fully saturated rings. The smallest absolute Gasteiger partial charge is 0.193 e. The van der Waals surface area contributed by atoms with Crippen LogP contribution >= 0.6 is 39.9 Å². The van der Waals surface area contributed by atoms with E-state index in [1.54, 1.807) is 0 Å². The van der Waals surface area contributed by atoms with Crippen molar-refractivity contribution in [2.45, 2.75) is 19.5 Å². The van der Waals surface area contributed by atoms with Crippen LogP contribution in [0.5, 0.6) is 0 Å². The van der Waals surface area contributed by atoms with Crippen LogP contribution in [0.2, 0.25) is 0 Å². The summed E-state index contributed by atoms with van der Waals surface area (Å²) in [4.78, 5) is 11.5. The van der Waals surface area contributed by atoms with Gasteiger partial charge in [0.25, 0.3) is 0 Å². The van der Waals surface area contributed by atoms with Gasteiger partial charge in [-0.05, 0) is 36.0 Å². The molecule has 6 nitrogen and oxygen atoms in total. The van der Waals surface area contributed by atoms with Crippen LogP contribution in [0, 0.1) is 0 Å². The molecule has 1 unspecified atom stereocenters. The number of piperazine rings is 1. The van der Waals surface area contributed by atoms with Gasteiger partial charge in [0.05, 0.1) is 6.54 Å². The number of aryl methyl sites for hydroxylation is 1. The minimum absolute atomic E-state index is 0. The minimum Gasteiger partial charge on any atom is -0.355 e. The first-order valence-electron chi connectivity index (χ1n) is 8.55. The van der Waals surface area contributed by atoms with Crippen molar-refractivity contribution >= 4 is 45.9 Å². The van der Waals surface area contributed by atoms with E-state index >= 15 is 0 Å².